The first kappa shape index (κ1) is 16.5. The van der Waals surface area contributed by atoms with Crippen LogP contribution >= 0.6 is 0 Å². The molecule has 1 aromatic carbocycles. The van der Waals surface area contributed by atoms with Gasteiger partial charge in [0.15, 0.2) is 18.0 Å². The summed E-state index contributed by atoms with van der Waals surface area (Å²) in [6, 6.07) is 9.10. The third-order valence-corrected chi connectivity index (χ3v) is 3.31. The summed E-state index contributed by atoms with van der Waals surface area (Å²) in [5.41, 5.74) is 0.705. The van der Waals surface area contributed by atoms with Gasteiger partial charge in [0, 0.05) is 5.56 Å². The second-order valence-electron chi connectivity index (χ2n) is 4.89. The third kappa shape index (κ3) is 3.28. The van der Waals surface area contributed by atoms with Gasteiger partial charge < -0.3 is 18.9 Å². The Labute approximate surface area is 129 Å². The standard InChI is InChI=1S/C16H20O6/c1-4-19-14(17)12-13(15(18)20-5-2)22-16(3,21-12)11-9-7-6-8-10-11/h6-10,12-13H,4-5H2,1-3H3/t12-,13-/m1/s1. The normalized spacial score (nSPS) is 23.0. The number of hydrogen-bond acceptors (Lipinski definition) is 6. The largest absolute Gasteiger partial charge is 0.464 e. The van der Waals surface area contributed by atoms with Crippen LogP contribution in [0.2, 0.25) is 0 Å². The summed E-state index contributed by atoms with van der Waals surface area (Å²) < 4.78 is 21.4. The van der Waals surface area contributed by atoms with Gasteiger partial charge in [-0.05, 0) is 20.8 Å². The van der Waals surface area contributed by atoms with E-state index >= 15 is 0 Å². The van der Waals surface area contributed by atoms with Crippen LogP contribution in [0.25, 0.3) is 0 Å². The molecule has 1 heterocycles. The van der Waals surface area contributed by atoms with Gasteiger partial charge in [-0.1, -0.05) is 30.3 Å². The van der Waals surface area contributed by atoms with Gasteiger partial charge in [-0.3, -0.25) is 0 Å². The van der Waals surface area contributed by atoms with E-state index in [-0.39, 0.29) is 13.2 Å². The van der Waals surface area contributed by atoms with E-state index in [1.165, 1.54) is 0 Å². The summed E-state index contributed by atoms with van der Waals surface area (Å²) in [4.78, 5) is 24.1. The first-order valence-corrected chi connectivity index (χ1v) is 7.26. The van der Waals surface area contributed by atoms with Gasteiger partial charge in [-0.2, -0.15) is 0 Å². The van der Waals surface area contributed by atoms with Crippen LogP contribution in [0.1, 0.15) is 26.3 Å². The zero-order valence-electron chi connectivity index (χ0n) is 12.9. The van der Waals surface area contributed by atoms with Crippen molar-refractivity contribution in [1.82, 2.24) is 0 Å². The number of carbonyl (C=O) groups excluding carboxylic acids is 2. The van der Waals surface area contributed by atoms with E-state index in [0.717, 1.165) is 0 Å². The van der Waals surface area contributed by atoms with Crippen molar-refractivity contribution in [3.8, 4) is 0 Å². The molecule has 1 aromatic rings. The molecule has 6 nitrogen and oxygen atoms in total. The van der Waals surface area contributed by atoms with Crippen molar-refractivity contribution in [1.29, 1.82) is 0 Å². The van der Waals surface area contributed by atoms with Crippen molar-refractivity contribution in [2.75, 3.05) is 13.2 Å². The van der Waals surface area contributed by atoms with Crippen LogP contribution in [-0.2, 0) is 34.3 Å². The van der Waals surface area contributed by atoms with Gasteiger partial charge in [0.05, 0.1) is 13.2 Å². The van der Waals surface area contributed by atoms with E-state index in [2.05, 4.69) is 0 Å². The summed E-state index contributed by atoms with van der Waals surface area (Å²) in [7, 11) is 0. The Kier molecular flexibility index (Phi) is 5.15. The summed E-state index contributed by atoms with van der Waals surface area (Å²) in [5.74, 6) is -2.49. The molecule has 0 saturated carbocycles. The van der Waals surface area contributed by atoms with Crippen LogP contribution in [0.3, 0.4) is 0 Å². The molecule has 0 N–H and O–H groups in total. The van der Waals surface area contributed by atoms with Crippen LogP contribution in [0.15, 0.2) is 30.3 Å². The monoisotopic (exact) mass is 308 g/mol. The topological polar surface area (TPSA) is 71.1 Å². The molecule has 22 heavy (non-hydrogen) atoms. The highest BCUT2D eigenvalue weighted by Gasteiger charge is 2.53. The molecule has 120 valence electrons. The molecule has 0 unspecified atom stereocenters. The molecule has 1 saturated heterocycles. The van der Waals surface area contributed by atoms with Gasteiger partial charge in [0.1, 0.15) is 0 Å². The Morgan fingerprint density at radius 2 is 1.45 bits per heavy atom. The second-order valence-corrected chi connectivity index (χ2v) is 4.89. The van der Waals surface area contributed by atoms with E-state index < -0.39 is 29.9 Å². The number of esters is 2. The maximum absolute atomic E-state index is 12.0. The number of hydrogen-bond donors (Lipinski definition) is 0. The molecule has 2 rings (SSSR count). The minimum absolute atomic E-state index is 0.191. The molecule has 0 aromatic heterocycles. The van der Waals surface area contributed by atoms with Crippen LogP contribution < -0.4 is 0 Å². The third-order valence-electron chi connectivity index (χ3n) is 3.31. The lowest BCUT2D eigenvalue weighted by Gasteiger charge is -2.23. The fourth-order valence-electron chi connectivity index (χ4n) is 2.31. The van der Waals surface area contributed by atoms with Gasteiger partial charge in [-0.15, -0.1) is 0 Å². The Bertz CT molecular complexity index is 501. The van der Waals surface area contributed by atoms with E-state index in [1.807, 2.05) is 18.2 Å². The van der Waals surface area contributed by atoms with Crippen molar-refractivity contribution in [2.45, 2.75) is 38.8 Å². The summed E-state index contributed by atoms with van der Waals surface area (Å²) in [6.07, 6.45) is -2.30. The molecule has 1 aliphatic rings. The predicted molar refractivity (Wildman–Crippen MR) is 76.8 cm³/mol. The van der Waals surface area contributed by atoms with E-state index in [9.17, 15) is 9.59 Å². The maximum atomic E-state index is 12.0. The van der Waals surface area contributed by atoms with Crippen LogP contribution in [0, 0.1) is 0 Å². The SMILES string of the molecule is CCOC(=O)[C@@H]1OC(C)(c2ccccc2)O[C@H]1C(=O)OCC. The average molecular weight is 308 g/mol. The lowest BCUT2D eigenvalue weighted by Crippen LogP contribution is -2.39. The molecule has 1 aliphatic heterocycles. The molecule has 0 bridgehead atoms. The van der Waals surface area contributed by atoms with Crippen molar-refractivity contribution < 1.29 is 28.5 Å². The zero-order chi connectivity index (χ0) is 16.2. The maximum Gasteiger partial charge on any atom is 0.338 e. The first-order valence-electron chi connectivity index (χ1n) is 7.26. The highest BCUT2D eigenvalue weighted by Crippen LogP contribution is 2.38. The van der Waals surface area contributed by atoms with Crippen LogP contribution in [0.4, 0.5) is 0 Å². The summed E-state index contributed by atoms with van der Waals surface area (Å²) >= 11 is 0. The van der Waals surface area contributed by atoms with Crippen LogP contribution in [0.5, 0.6) is 0 Å². The fourth-order valence-corrected chi connectivity index (χ4v) is 2.31. The fraction of sp³-hybridized carbons (Fsp3) is 0.500. The quantitative estimate of drug-likeness (QED) is 0.772. The first-order chi connectivity index (χ1) is 10.5. The highest BCUT2D eigenvalue weighted by molar-refractivity contribution is 5.86. The van der Waals surface area contributed by atoms with Gasteiger partial charge in [0.2, 0.25) is 0 Å². The van der Waals surface area contributed by atoms with E-state index in [1.54, 1.807) is 32.9 Å². The average Bonchev–Trinajstić information content (AvgIpc) is 2.88. The van der Waals surface area contributed by atoms with Gasteiger partial charge in [-0.25, -0.2) is 9.59 Å². The minimum atomic E-state index is -1.21. The van der Waals surface area contributed by atoms with Crippen molar-refractivity contribution in [3.05, 3.63) is 35.9 Å². The minimum Gasteiger partial charge on any atom is -0.464 e. The summed E-state index contributed by atoms with van der Waals surface area (Å²) in [5, 5.41) is 0. The van der Waals surface area contributed by atoms with Crippen molar-refractivity contribution >= 4 is 11.9 Å². The molecule has 0 spiro atoms. The lowest BCUT2D eigenvalue weighted by atomic mass is 10.1. The van der Waals surface area contributed by atoms with Crippen molar-refractivity contribution in [3.63, 3.8) is 0 Å². The van der Waals surface area contributed by atoms with Crippen LogP contribution in [-0.4, -0.2) is 37.4 Å². The van der Waals surface area contributed by atoms with E-state index in [4.69, 9.17) is 18.9 Å². The highest BCUT2D eigenvalue weighted by atomic mass is 16.8. The van der Waals surface area contributed by atoms with Gasteiger partial charge in [0.25, 0.3) is 0 Å². The molecular weight excluding hydrogens is 288 g/mol. The second kappa shape index (κ2) is 6.89. The van der Waals surface area contributed by atoms with E-state index in [0.29, 0.717) is 5.56 Å². The number of benzene rings is 1. The lowest BCUT2D eigenvalue weighted by molar-refractivity contribution is -0.186. The zero-order valence-corrected chi connectivity index (χ0v) is 12.9. The predicted octanol–water partition coefficient (Wildman–Crippen LogP) is 1.77. The number of ether oxygens (including phenoxy) is 4. The molecule has 2 atom stereocenters. The smallest absolute Gasteiger partial charge is 0.338 e. The Morgan fingerprint density at radius 3 is 1.86 bits per heavy atom. The van der Waals surface area contributed by atoms with Gasteiger partial charge >= 0.3 is 11.9 Å². The Hall–Kier alpha value is -1.92. The Balaban J connectivity index is 2.27. The number of carbonyl (C=O) groups is 2. The molecule has 0 radical (unpaired) electrons. The molecule has 6 heteroatoms. The van der Waals surface area contributed by atoms with Crippen molar-refractivity contribution in [2.24, 2.45) is 0 Å². The summed E-state index contributed by atoms with van der Waals surface area (Å²) in [6.45, 7) is 5.41. The molecule has 0 amide bonds. The Morgan fingerprint density at radius 1 is 1.00 bits per heavy atom. The molecular formula is C16H20O6. The molecule has 1 fully saturated rings. The molecule has 0 aliphatic carbocycles. The number of rotatable bonds is 5.